The number of rotatable bonds is 2. The van der Waals surface area contributed by atoms with Gasteiger partial charge in [0.15, 0.2) is 0 Å². The molecule has 70 valence electrons. The number of hydrogen-bond donors (Lipinski definition) is 1. The molecule has 0 saturated carbocycles. The third kappa shape index (κ3) is 2.08. The van der Waals surface area contributed by atoms with E-state index in [0.29, 0.717) is 0 Å². The molecule has 1 aliphatic heterocycles. The molecule has 2 atom stereocenters. The number of methoxy groups -OCH3 is 1. The average molecular weight is 169 g/mol. The van der Waals surface area contributed by atoms with Crippen LogP contribution in [0.25, 0.3) is 0 Å². The third-order valence-corrected chi connectivity index (χ3v) is 2.72. The normalized spacial score (nSPS) is 32.9. The van der Waals surface area contributed by atoms with Gasteiger partial charge >= 0.3 is 0 Å². The highest BCUT2D eigenvalue weighted by molar-refractivity contribution is 5.09. The van der Waals surface area contributed by atoms with E-state index in [0.717, 1.165) is 6.54 Å². The fraction of sp³-hybridized carbons (Fsp3) is 0.800. The van der Waals surface area contributed by atoms with Crippen LogP contribution in [0, 0.1) is 0 Å². The monoisotopic (exact) mass is 169 g/mol. The Hall–Kier alpha value is -0.340. The maximum atomic E-state index is 5.33. The van der Waals surface area contributed by atoms with E-state index in [1.165, 1.54) is 12.8 Å². The Labute approximate surface area is 75.0 Å². The van der Waals surface area contributed by atoms with Gasteiger partial charge in [-0.15, -0.1) is 0 Å². The van der Waals surface area contributed by atoms with Crippen molar-refractivity contribution >= 4 is 0 Å². The molecular weight excluding hydrogens is 150 g/mol. The van der Waals surface area contributed by atoms with Crippen molar-refractivity contribution in [2.75, 3.05) is 13.7 Å². The first-order chi connectivity index (χ1) is 5.69. The molecule has 0 aromatic rings. The number of hydrogen-bond acceptors (Lipinski definition) is 2. The Bertz CT molecular complexity index is 167. The zero-order valence-corrected chi connectivity index (χ0v) is 8.26. The van der Waals surface area contributed by atoms with Gasteiger partial charge in [0.2, 0.25) is 0 Å². The van der Waals surface area contributed by atoms with E-state index in [4.69, 9.17) is 4.74 Å². The molecule has 0 aromatic heterocycles. The van der Waals surface area contributed by atoms with E-state index >= 15 is 0 Å². The molecule has 0 amide bonds. The molecule has 1 rings (SSSR count). The molecule has 0 radical (unpaired) electrons. The molecule has 2 heteroatoms. The maximum Gasteiger partial charge on any atom is 0.0757 e. The van der Waals surface area contributed by atoms with Gasteiger partial charge in [0.1, 0.15) is 0 Å². The third-order valence-electron chi connectivity index (χ3n) is 2.72. The van der Waals surface area contributed by atoms with Gasteiger partial charge in [0.05, 0.1) is 11.6 Å². The summed E-state index contributed by atoms with van der Waals surface area (Å²) in [5, 5.41) is 3.50. The van der Waals surface area contributed by atoms with E-state index in [9.17, 15) is 0 Å². The summed E-state index contributed by atoms with van der Waals surface area (Å²) in [6.45, 7) is 5.36. The molecule has 1 unspecified atom stereocenters. The van der Waals surface area contributed by atoms with Crippen LogP contribution in [-0.4, -0.2) is 25.3 Å². The van der Waals surface area contributed by atoms with Crippen molar-refractivity contribution in [3.8, 4) is 0 Å². The van der Waals surface area contributed by atoms with Gasteiger partial charge in [0, 0.05) is 7.11 Å². The summed E-state index contributed by atoms with van der Waals surface area (Å²) in [6, 6.07) is 0. The fourth-order valence-electron chi connectivity index (χ4n) is 1.49. The van der Waals surface area contributed by atoms with Crippen molar-refractivity contribution in [2.45, 2.75) is 38.3 Å². The van der Waals surface area contributed by atoms with Crippen molar-refractivity contribution in [1.29, 1.82) is 0 Å². The minimum Gasteiger partial charge on any atom is -0.379 e. The first kappa shape index (κ1) is 9.75. The zero-order valence-electron chi connectivity index (χ0n) is 8.26. The lowest BCUT2D eigenvalue weighted by molar-refractivity contribution is 0.0603. The fourth-order valence-corrected chi connectivity index (χ4v) is 1.49. The SMILES string of the molecule is COC(C)[C@]1(C)C=CCCCN1. The van der Waals surface area contributed by atoms with Crippen molar-refractivity contribution in [3.63, 3.8) is 0 Å². The largest absolute Gasteiger partial charge is 0.379 e. The quantitative estimate of drug-likeness (QED) is 0.635. The molecule has 0 aromatic carbocycles. The summed E-state index contributed by atoms with van der Waals surface area (Å²) in [4.78, 5) is 0. The van der Waals surface area contributed by atoms with Gasteiger partial charge < -0.3 is 10.1 Å². The zero-order chi connectivity index (χ0) is 9.03. The highest BCUT2D eigenvalue weighted by Crippen LogP contribution is 2.17. The van der Waals surface area contributed by atoms with Gasteiger partial charge in [-0.1, -0.05) is 12.2 Å². The second-order valence-electron chi connectivity index (χ2n) is 3.63. The minimum absolute atomic E-state index is 0.0191. The van der Waals surface area contributed by atoms with E-state index in [-0.39, 0.29) is 11.6 Å². The Morgan fingerprint density at radius 2 is 2.33 bits per heavy atom. The Balaban J connectivity index is 2.65. The number of allylic oxidation sites excluding steroid dienone is 1. The lowest BCUT2D eigenvalue weighted by atomic mass is 9.95. The molecule has 0 aliphatic carbocycles. The lowest BCUT2D eigenvalue weighted by Crippen LogP contribution is -2.49. The highest BCUT2D eigenvalue weighted by Gasteiger charge is 2.28. The lowest BCUT2D eigenvalue weighted by Gasteiger charge is -2.32. The molecule has 12 heavy (non-hydrogen) atoms. The molecular formula is C10H19NO. The van der Waals surface area contributed by atoms with E-state index in [2.05, 4.69) is 31.3 Å². The summed E-state index contributed by atoms with van der Waals surface area (Å²) in [7, 11) is 1.76. The molecule has 2 nitrogen and oxygen atoms in total. The predicted octanol–water partition coefficient (Wildman–Crippen LogP) is 1.72. The van der Waals surface area contributed by atoms with Crippen LogP contribution in [0.2, 0.25) is 0 Å². The van der Waals surface area contributed by atoms with Crippen LogP contribution in [0.4, 0.5) is 0 Å². The van der Waals surface area contributed by atoms with Crippen LogP contribution in [0.3, 0.4) is 0 Å². The van der Waals surface area contributed by atoms with Crippen LogP contribution in [0.15, 0.2) is 12.2 Å². The van der Waals surface area contributed by atoms with Crippen molar-refractivity contribution in [3.05, 3.63) is 12.2 Å². The van der Waals surface area contributed by atoms with E-state index in [1.54, 1.807) is 7.11 Å². The van der Waals surface area contributed by atoms with Crippen molar-refractivity contribution < 1.29 is 4.74 Å². The van der Waals surface area contributed by atoms with Crippen LogP contribution in [0.5, 0.6) is 0 Å². The number of ether oxygens (including phenoxy) is 1. The molecule has 0 fully saturated rings. The molecule has 1 N–H and O–H groups in total. The second-order valence-corrected chi connectivity index (χ2v) is 3.63. The van der Waals surface area contributed by atoms with Gasteiger partial charge in [-0.2, -0.15) is 0 Å². The molecule has 1 aliphatic rings. The Kier molecular flexibility index (Phi) is 3.29. The summed E-state index contributed by atoms with van der Waals surface area (Å²) in [5.74, 6) is 0. The first-order valence-corrected chi connectivity index (χ1v) is 4.64. The summed E-state index contributed by atoms with van der Waals surface area (Å²) < 4.78 is 5.33. The minimum atomic E-state index is 0.0191. The van der Waals surface area contributed by atoms with Gasteiger partial charge in [0.25, 0.3) is 0 Å². The molecule has 0 bridgehead atoms. The predicted molar refractivity (Wildman–Crippen MR) is 51.3 cm³/mol. The van der Waals surface area contributed by atoms with Crippen LogP contribution < -0.4 is 5.32 Å². The number of nitrogens with one attached hydrogen (secondary N) is 1. The van der Waals surface area contributed by atoms with Crippen molar-refractivity contribution in [2.24, 2.45) is 0 Å². The Morgan fingerprint density at radius 3 is 3.00 bits per heavy atom. The topological polar surface area (TPSA) is 21.3 Å². The summed E-state index contributed by atoms with van der Waals surface area (Å²) in [6.07, 6.45) is 7.11. The van der Waals surface area contributed by atoms with Crippen molar-refractivity contribution in [1.82, 2.24) is 5.32 Å². The maximum absolute atomic E-state index is 5.33. The standard InChI is InChI=1S/C10H19NO/c1-9(12-3)10(2)7-5-4-6-8-11-10/h5,7,9,11H,4,6,8H2,1-3H3/t9?,10-/m0/s1. The van der Waals surface area contributed by atoms with E-state index < -0.39 is 0 Å². The smallest absolute Gasteiger partial charge is 0.0757 e. The molecule has 0 saturated heterocycles. The first-order valence-electron chi connectivity index (χ1n) is 4.64. The summed E-state index contributed by atoms with van der Waals surface area (Å²) in [5.41, 5.74) is 0.0191. The highest BCUT2D eigenvalue weighted by atomic mass is 16.5. The molecule has 0 spiro atoms. The summed E-state index contributed by atoms with van der Waals surface area (Å²) >= 11 is 0. The van der Waals surface area contributed by atoms with Gasteiger partial charge in [-0.3, -0.25) is 0 Å². The van der Waals surface area contributed by atoms with Crippen LogP contribution in [0.1, 0.15) is 26.7 Å². The van der Waals surface area contributed by atoms with E-state index in [1.807, 2.05) is 0 Å². The molecule has 1 heterocycles. The van der Waals surface area contributed by atoms with Gasteiger partial charge in [-0.05, 0) is 33.2 Å². The second kappa shape index (κ2) is 4.06. The Morgan fingerprint density at radius 1 is 1.58 bits per heavy atom. The van der Waals surface area contributed by atoms with Crippen LogP contribution in [-0.2, 0) is 4.74 Å². The van der Waals surface area contributed by atoms with Gasteiger partial charge in [-0.25, -0.2) is 0 Å². The van der Waals surface area contributed by atoms with Crippen LogP contribution >= 0.6 is 0 Å². The average Bonchev–Trinajstić information content (AvgIpc) is 2.29.